The first kappa shape index (κ1) is 22.5. The molecule has 0 spiro atoms. The first-order chi connectivity index (χ1) is 13.7. The maximum atomic E-state index is 11.5. The predicted molar refractivity (Wildman–Crippen MR) is 112 cm³/mol. The number of sulfonamides is 1. The lowest BCUT2D eigenvalue weighted by Crippen LogP contribution is -2.30. The summed E-state index contributed by atoms with van der Waals surface area (Å²) in [6, 6.07) is 16.1. The lowest BCUT2D eigenvalue weighted by molar-refractivity contribution is 0.415. The van der Waals surface area contributed by atoms with Crippen molar-refractivity contribution in [2.75, 3.05) is 7.11 Å². The van der Waals surface area contributed by atoms with Gasteiger partial charge in [-0.25, -0.2) is 13.1 Å². The van der Waals surface area contributed by atoms with E-state index in [1.165, 1.54) is 0 Å². The Balaban J connectivity index is 0.000000212. The molecule has 8 nitrogen and oxygen atoms in total. The second-order valence-electron chi connectivity index (χ2n) is 6.84. The molecule has 0 bridgehead atoms. The molecule has 0 fully saturated rings. The molecule has 1 heterocycles. The summed E-state index contributed by atoms with van der Waals surface area (Å²) in [5.41, 5.74) is 0.938. The van der Waals surface area contributed by atoms with Crippen LogP contribution in [0.3, 0.4) is 0 Å². The van der Waals surface area contributed by atoms with Crippen molar-refractivity contribution in [1.29, 1.82) is 0 Å². The van der Waals surface area contributed by atoms with Gasteiger partial charge in [0, 0.05) is 11.6 Å². The Hall–Kier alpha value is -2.78. The van der Waals surface area contributed by atoms with Crippen LogP contribution in [0.4, 0.5) is 0 Å². The second kappa shape index (κ2) is 10.1. The van der Waals surface area contributed by atoms with E-state index < -0.39 is 10.0 Å². The molecule has 0 amide bonds. The van der Waals surface area contributed by atoms with E-state index in [2.05, 4.69) is 20.1 Å². The van der Waals surface area contributed by atoms with Crippen molar-refractivity contribution < 1.29 is 13.2 Å². The maximum Gasteiger partial charge on any atom is 0.240 e. The molecule has 29 heavy (non-hydrogen) atoms. The van der Waals surface area contributed by atoms with Crippen LogP contribution in [0.2, 0.25) is 0 Å². The van der Waals surface area contributed by atoms with Gasteiger partial charge in [0.2, 0.25) is 15.8 Å². The first-order valence-corrected chi connectivity index (χ1v) is 10.7. The third-order valence-electron chi connectivity index (χ3n) is 3.68. The molecular formula is C20H27N5O3S. The molecule has 3 aromatic rings. The number of benzene rings is 2. The highest BCUT2D eigenvalue weighted by atomic mass is 32.2. The summed E-state index contributed by atoms with van der Waals surface area (Å²) in [7, 11) is -1.67. The molecule has 1 aromatic heterocycles. The fourth-order valence-corrected chi connectivity index (χ4v) is 3.55. The van der Waals surface area contributed by atoms with Crippen molar-refractivity contribution in [3.63, 3.8) is 0 Å². The smallest absolute Gasteiger partial charge is 0.240 e. The van der Waals surface area contributed by atoms with Gasteiger partial charge in [-0.2, -0.15) is 4.80 Å². The fraction of sp³-hybridized carbons (Fsp3) is 0.350. The number of nitrogens with one attached hydrogen (secondary N) is 1. The molecule has 0 unspecified atom stereocenters. The van der Waals surface area contributed by atoms with Gasteiger partial charge in [0.25, 0.3) is 0 Å². The number of aromatic nitrogens is 4. The lowest BCUT2D eigenvalue weighted by Gasteiger charge is -2.08. The average molecular weight is 418 g/mol. The van der Waals surface area contributed by atoms with E-state index in [9.17, 15) is 8.42 Å². The molecule has 156 valence electrons. The van der Waals surface area contributed by atoms with Gasteiger partial charge in [-0.15, -0.1) is 10.2 Å². The minimum absolute atomic E-state index is 0.0785. The van der Waals surface area contributed by atoms with Crippen LogP contribution < -0.4 is 9.46 Å². The summed E-state index contributed by atoms with van der Waals surface area (Å²) < 4.78 is 30.7. The van der Waals surface area contributed by atoms with Gasteiger partial charge in [-0.1, -0.05) is 18.2 Å². The van der Waals surface area contributed by atoms with Crippen molar-refractivity contribution in [2.24, 2.45) is 0 Å². The normalized spacial score (nSPS) is 11.3. The van der Waals surface area contributed by atoms with Crippen molar-refractivity contribution >= 4 is 10.0 Å². The Morgan fingerprint density at radius 3 is 2.07 bits per heavy atom. The Kier molecular flexibility index (Phi) is 7.86. The Morgan fingerprint density at radius 2 is 1.59 bits per heavy atom. The van der Waals surface area contributed by atoms with Crippen LogP contribution in [-0.4, -0.2) is 41.8 Å². The third kappa shape index (κ3) is 6.65. The molecule has 0 atom stereocenters. The van der Waals surface area contributed by atoms with Gasteiger partial charge in [-0.3, -0.25) is 0 Å². The van der Waals surface area contributed by atoms with Crippen LogP contribution in [0.25, 0.3) is 11.4 Å². The molecule has 1 N–H and O–H groups in total. The number of tetrazole rings is 1. The quantitative estimate of drug-likeness (QED) is 0.661. The molecule has 0 radical (unpaired) electrons. The molecule has 0 saturated carbocycles. The van der Waals surface area contributed by atoms with Crippen molar-refractivity contribution in [3.8, 4) is 17.1 Å². The van der Waals surface area contributed by atoms with E-state index in [0.29, 0.717) is 10.7 Å². The summed E-state index contributed by atoms with van der Waals surface area (Å²) >= 11 is 0. The highest BCUT2D eigenvalue weighted by Gasteiger charge is 2.13. The predicted octanol–water partition coefficient (Wildman–Crippen LogP) is 3.30. The van der Waals surface area contributed by atoms with Crippen LogP contribution >= 0.6 is 0 Å². The number of ether oxygens (including phenoxy) is 1. The molecule has 0 aliphatic heterocycles. The number of hydrogen-bond donors (Lipinski definition) is 1. The van der Waals surface area contributed by atoms with Crippen LogP contribution in [0, 0.1) is 0 Å². The van der Waals surface area contributed by atoms with E-state index >= 15 is 0 Å². The zero-order valence-corrected chi connectivity index (χ0v) is 18.1. The van der Waals surface area contributed by atoms with E-state index in [-0.39, 0.29) is 12.1 Å². The fourth-order valence-electron chi connectivity index (χ4n) is 2.28. The topological polar surface area (TPSA) is 99.0 Å². The van der Waals surface area contributed by atoms with E-state index in [4.69, 9.17) is 4.74 Å². The molecule has 0 saturated heterocycles. The van der Waals surface area contributed by atoms with Gasteiger partial charge in [0.15, 0.2) is 0 Å². The Bertz CT molecular complexity index is 984. The number of hydrogen-bond acceptors (Lipinski definition) is 6. The van der Waals surface area contributed by atoms with Crippen LogP contribution in [0.5, 0.6) is 5.75 Å². The van der Waals surface area contributed by atoms with Gasteiger partial charge in [-0.05, 0) is 69.3 Å². The summed E-state index contributed by atoms with van der Waals surface area (Å²) in [5.74, 6) is 1.45. The standard InChI is InChI=1S/C11H14N4O.C9H13NO2S/c1-8(2)15-13-11(12-14-15)9-4-6-10(16-3)7-5-9;1-8(2)10-13(11,12)9-6-4-3-5-7-9/h4-8H,1-3H3;3-8,10H,1-2H3. The van der Waals surface area contributed by atoms with Crippen molar-refractivity contribution in [2.45, 2.75) is 44.7 Å². The number of rotatable bonds is 6. The van der Waals surface area contributed by atoms with Gasteiger partial charge >= 0.3 is 0 Å². The van der Waals surface area contributed by atoms with Crippen LogP contribution in [0.15, 0.2) is 59.5 Å². The maximum absolute atomic E-state index is 11.5. The SMILES string of the molecule is CC(C)NS(=O)(=O)c1ccccc1.COc1ccc(-c2nnn(C(C)C)n2)cc1. The zero-order chi connectivity index (χ0) is 21.4. The highest BCUT2D eigenvalue weighted by molar-refractivity contribution is 7.89. The second-order valence-corrected chi connectivity index (χ2v) is 8.56. The van der Waals surface area contributed by atoms with Gasteiger partial charge < -0.3 is 4.74 Å². The van der Waals surface area contributed by atoms with Crippen molar-refractivity contribution in [1.82, 2.24) is 24.9 Å². The third-order valence-corrected chi connectivity index (χ3v) is 5.36. The van der Waals surface area contributed by atoms with E-state index in [1.54, 1.807) is 56.1 Å². The summed E-state index contributed by atoms with van der Waals surface area (Å²) in [6.07, 6.45) is 0. The summed E-state index contributed by atoms with van der Waals surface area (Å²) in [4.78, 5) is 1.91. The van der Waals surface area contributed by atoms with Gasteiger partial charge in [0.05, 0.1) is 18.0 Å². The molecule has 3 rings (SSSR count). The molecular weight excluding hydrogens is 390 g/mol. The van der Waals surface area contributed by atoms with E-state index in [1.807, 2.05) is 38.1 Å². The molecule has 9 heteroatoms. The van der Waals surface area contributed by atoms with Gasteiger partial charge in [0.1, 0.15) is 5.75 Å². The minimum atomic E-state index is -3.31. The number of methoxy groups -OCH3 is 1. The zero-order valence-electron chi connectivity index (χ0n) is 17.3. The van der Waals surface area contributed by atoms with Crippen molar-refractivity contribution in [3.05, 3.63) is 54.6 Å². The van der Waals surface area contributed by atoms with Crippen LogP contribution in [0.1, 0.15) is 33.7 Å². The molecule has 2 aromatic carbocycles. The summed E-state index contributed by atoms with van der Waals surface area (Å²) in [5, 5.41) is 12.3. The number of nitrogens with zero attached hydrogens (tertiary/aromatic N) is 4. The average Bonchev–Trinajstić information content (AvgIpc) is 3.19. The largest absolute Gasteiger partial charge is 0.497 e. The highest BCUT2D eigenvalue weighted by Crippen LogP contribution is 2.18. The monoisotopic (exact) mass is 417 g/mol. The Morgan fingerprint density at radius 1 is 0.966 bits per heavy atom. The first-order valence-electron chi connectivity index (χ1n) is 9.24. The van der Waals surface area contributed by atoms with Crippen LogP contribution in [-0.2, 0) is 10.0 Å². The lowest BCUT2D eigenvalue weighted by atomic mass is 10.2. The Labute approximate surface area is 172 Å². The molecule has 0 aliphatic carbocycles. The minimum Gasteiger partial charge on any atom is -0.497 e. The molecule has 0 aliphatic rings. The summed E-state index contributed by atoms with van der Waals surface area (Å²) in [6.45, 7) is 7.61. The van der Waals surface area contributed by atoms with E-state index in [0.717, 1.165) is 11.3 Å².